The third-order valence-corrected chi connectivity index (χ3v) is 2.05. The minimum absolute atomic E-state index is 0.366. The van der Waals surface area contributed by atoms with Crippen LogP contribution in [0.4, 0.5) is 0 Å². The van der Waals surface area contributed by atoms with Gasteiger partial charge in [0.15, 0.2) is 5.58 Å². The monoisotopic (exact) mass is 185 g/mol. The van der Waals surface area contributed by atoms with Crippen LogP contribution in [0.25, 0.3) is 11.0 Å². The Hall–Kier alpha value is -2.08. The van der Waals surface area contributed by atoms with Crippen molar-refractivity contribution in [1.82, 2.24) is 0 Å². The van der Waals surface area contributed by atoms with E-state index in [0.29, 0.717) is 16.7 Å². The molecule has 3 nitrogen and oxygen atoms in total. The SMILES string of the molecule is Cc1cc2cccc(C#N)c2oc1=O. The second-order valence-corrected chi connectivity index (χ2v) is 3.05. The molecule has 0 bridgehead atoms. The molecule has 1 aromatic heterocycles. The van der Waals surface area contributed by atoms with Crippen LogP contribution in [0.3, 0.4) is 0 Å². The highest BCUT2D eigenvalue weighted by atomic mass is 16.4. The Labute approximate surface area is 80.2 Å². The molecule has 0 aliphatic heterocycles. The standard InChI is InChI=1S/C11H7NO2/c1-7-5-8-3-2-4-9(6-12)10(8)14-11(7)13/h2-5H,1H3. The lowest BCUT2D eigenvalue weighted by molar-refractivity contribution is 0.554. The smallest absolute Gasteiger partial charge is 0.339 e. The van der Waals surface area contributed by atoms with E-state index in [1.807, 2.05) is 12.1 Å². The summed E-state index contributed by atoms with van der Waals surface area (Å²) in [6.45, 7) is 1.68. The van der Waals surface area contributed by atoms with E-state index in [-0.39, 0.29) is 5.63 Å². The minimum Gasteiger partial charge on any atom is -0.421 e. The highest BCUT2D eigenvalue weighted by molar-refractivity contribution is 5.82. The maximum atomic E-state index is 11.2. The van der Waals surface area contributed by atoms with Crippen molar-refractivity contribution in [2.75, 3.05) is 0 Å². The van der Waals surface area contributed by atoms with Crippen LogP contribution in [0.15, 0.2) is 33.5 Å². The van der Waals surface area contributed by atoms with Crippen molar-refractivity contribution in [3.05, 3.63) is 45.8 Å². The van der Waals surface area contributed by atoms with Gasteiger partial charge in [-0.15, -0.1) is 0 Å². The average Bonchev–Trinajstić information content (AvgIpc) is 2.19. The molecule has 2 rings (SSSR count). The molecule has 0 saturated carbocycles. The van der Waals surface area contributed by atoms with Gasteiger partial charge in [-0.2, -0.15) is 5.26 Å². The van der Waals surface area contributed by atoms with E-state index >= 15 is 0 Å². The predicted octanol–water partition coefficient (Wildman–Crippen LogP) is 1.97. The van der Waals surface area contributed by atoms with Gasteiger partial charge in [-0.05, 0) is 19.1 Å². The van der Waals surface area contributed by atoms with E-state index in [9.17, 15) is 4.79 Å². The molecule has 0 atom stereocenters. The first-order valence-corrected chi connectivity index (χ1v) is 4.16. The van der Waals surface area contributed by atoms with Gasteiger partial charge in [0.1, 0.15) is 6.07 Å². The molecule has 2 aromatic rings. The molecule has 0 N–H and O–H groups in total. The van der Waals surface area contributed by atoms with Gasteiger partial charge in [-0.1, -0.05) is 12.1 Å². The van der Waals surface area contributed by atoms with Crippen LogP contribution in [0.5, 0.6) is 0 Å². The molecule has 0 aliphatic rings. The van der Waals surface area contributed by atoms with Crippen LogP contribution < -0.4 is 5.63 Å². The summed E-state index contributed by atoms with van der Waals surface area (Å²) in [6, 6.07) is 8.91. The predicted molar refractivity (Wildman–Crippen MR) is 51.9 cm³/mol. The molecule has 0 amide bonds. The normalized spacial score (nSPS) is 10.0. The van der Waals surface area contributed by atoms with E-state index in [4.69, 9.17) is 9.68 Å². The van der Waals surface area contributed by atoms with Crippen LogP contribution >= 0.6 is 0 Å². The number of aryl methyl sites for hydroxylation is 1. The number of benzene rings is 1. The van der Waals surface area contributed by atoms with Crippen LogP contribution in [0.2, 0.25) is 0 Å². The van der Waals surface area contributed by atoms with Crippen LogP contribution in [0.1, 0.15) is 11.1 Å². The molecule has 68 valence electrons. The summed E-state index contributed by atoms with van der Waals surface area (Å²) < 4.78 is 5.04. The summed E-state index contributed by atoms with van der Waals surface area (Å²) in [7, 11) is 0. The maximum absolute atomic E-state index is 11.2. The van der Waals surface area contributed by atoms with Crippen LogP contribution in [-0.2, 0) is 0 Å². The van der Waals surface area contributed by atoms with Crippen molar-refractivity contribution in [1.29, 1.82) is 5.26 Å². The Kier molecular flexibility index (Phi) is 1.83. The first-order chi connectivity index (χ1) is 6.72. The minimum atomic E-state index is -0.389. The van der Waals surface area contributed by atoms with Crippen molar-refractivity contribution in [3.63, 3.8) is 0 Å². The molecule has 0 aliphatic carbocycles. The van der Waals surface area contributed by atoms with Gasteiger partial charge in [-0.3, -0.25) is 0 Å². The fourth-order valence-corrected chi connectivity index (χ4v) is 1.34. The number of hydrogen-bond acceptors (Lipinski definition) is 3. The molecule has 0 saturated heterocycles. The zero-order valence-corrected chi connectivity index (χ0v) is 7.57. The molecule has 14 heavy (non-hydrogen) atoms. The lowest BCUT2D eigenvalue weighted by Crippen LogP contribution is -2.02. The number of nitrogens with zero attached hydrogens (tertiary/aromatic N) is 1. The van der Waals surface area contributed by atoms with Gasteiger partial charge in [0.2, 0.25) is 0 Å². The third-order valence-electron chi connectivity index (χ3n) is 2.05. The van der Waals surface area contributed by atoms with E-state index in [1.54, 1.807) is 25.1 Å². The van der Waals surface area contributed by atoms with E-state index in [1.165, 1.54) is 0 Å². The van der Waals surface area contributed by atoms with Crippen molar-refractivity contribution >= 4 is 11.0 Å². The highest BCUT2D eigenvalue weighted by Crippen LogP contribution is 2.16. The van der Waals surface area contributed by atoms with Gasteiger partial charge in [0.05, 0.1) is 5.56 Å². The number of para-hydroxylation sites is 1. The number of hydrogen-bond donors (Lipinski definition) is 0. The van der Waals surface area contributed by atoms with E-state index in [0.717, 1.165) is 5.39 Å². The largest absolute Gasteiger partial charge is 0.421 e. The van der Waals surface area contributed by atoms with Gasteiger partial charge in [0, 0.05) is 10.9 Å². The summed E-state index contributed by atoms with van der Waals surface area (Å²) in [5.41, 5.74) is 0.915. The Morgan fingerprint density at radius 1 is 1.43 bits per heavy atom. The van der Waals surface area contributed by atoms with E-state index < -0.39 is 0 Å². The molecular formula is C11H7NO2. The molecule has 0 unspecified atom stereocenters. The van der Waals surface area contributed by atoms with Gasteiger partial charge < -0.3 is 4.42 Å². The molecule has 0 radical (unpaired) electrons. The number of nitriles is 1. The quantitative estimate of drug-likeness (QED) is 0.589. The second-order valence-electron chi connectivity index (χ2n) is 3.05. The maximum Gasteiger partial charge on any atom is 0.339 e. The Balaban J connectivity index is 2.97. The summed E-state index contributed by atoms with van der Waals surface area (Å²) in [4.78, 5) is 11.2. The Morgan fingerprint density at radius 3 is 2.93 bits per heavy atom. The average molecular weight is 185 g/mol. The highest BCUT2D eigenvalue weighted by Gasteiger charge is 2.04. The van der Waals surface area contributed by atoms with Crippen molar-refractivity contribution < 1.29 is 4.42 Å². The first-order valence-electron chi connectivity index (χ1n) is 4.16. The molecule has 3 heteroatoms. The van der Waals surface area contributed by atoms with Gasteiger partial charge in [-0.25, -0.2) is 4.79 Å². The van der Waals surface area contributed by atoms with Crippen molar-refractivity contribution in [2.24, 2.45) is 0 Å². The zero-order valence-electron chi connectivity index (χ0n) is 7.57. The lowest BCUT2D eigenvalue weighted by Gasteiger charge is -1.98. The summed E-state index contributed by atoms with van der Waals surface area (Å²) in [6.07, 6.45) is 0. The third kappa shape index (κ3) is 1.17. The van der Waals surface area contributed by atoms with Crippen molar-refractivity contribution in [3.8, 4) is 6.07 Å². The number of rotatable bonds is 0. The Bertz CT molecular complexity index is 590. The fourth-order valence-electron chi connectivity index (χ4n) is 1.34. The first kappa shape index (κ1) is 8.52. The zero-order chi connectivity index (χ0) is 10.1. The summed E-state index contributed by atoms with van der Waals surface area (Å²) >= 11 is 0. The van der Waals surface area contributed by atoms with Gasteiger partial charge in [0.25, 0.3) is 0 Å². The molecule has 1 aromatic carbocycles. The molecule has 0 spiro atoms. The Morgan fingerprint density at radius 2 is 2.21 bits per heavy atom. The molecule has 1 heterocycles. The van der Waals surface area contributed by atoms with Gasteiger partial charge >= 0.3 is 5.63 Å². The number of fused-ring (bicyclic) bond motifs is 1. The summed E-state index contributed by atoms with van der Waals surface area (Å²) in [5, 5.41) is 9.56. The lowest BCUT2D eigenvalue weighted by atomic mass is 10.1. The fraction of sp³-hybridized carbons (Fsp3) is 0.0909. The van der Waals surface area contributed by atoms with Crippen LogP contribution in [-0.4, -0.2) is 0 Å². The van der Waals surface area contributed by atoms with Crippen molar-refractivity contribution in [2.45, 2.75) is 6.92 Å². The topological polar surface area (TPSA) is 54.0 Å². The second kappa shape index (κ2) is 3.00. The molecular weight excluding hydrogens is 178 g/mol. The van der Waals surface area contributed by atoms with Crippen LogP contribution in [0, 0.1) is 18.3 Å². The van der Waals surface area contributed by atoms with E-state index in [2.05, 4.69) is 0 Å². The summed E-state index contributed by atoms with van der Waals surface area (Å²) in [5.74, 6) is 0. The molecule has 0 fully saturated rings.